The van der Waals surface area contributed by atoms with Gasteiger partial charge in [0.05, 0.1) is 6.42 Å². The van der Waals surface area contributed by atoms with Gasteiger partial charge in [0.15, 0.2) is 0 Å². The quantitative estimate of drug-likeness (QED) is 0.646. The van der Waals surface area contributed by atoms with Crippen molar-refractivity contribution in [1.29, 1.82) is 0 Å². The zero-order valence-corrected chi connectivity index (χ0v) is 19.2. The van der Waals surface area contributed by atoms with Crippen molar-refractivity contribution in [2.45, 2.75) is 84.3 Å². The minimum Gasteiger partial charge on any atom is -0.352 e. The van der Waals surface area contributed by atoms with E-state index in [-0.39, 0.29) is 17.9 Å². The first kappa shape index (κ1) is 23.1. The van der Waals surface area contributed by atoms with Gasteiger partial charge in [-0.3, -0.25) is 9.59 Å². The van der Waals surface area contributed by atoms with E-state index in [2.05, 4.69) is 23.5 Å². The van der Waals surface area contributed by atoms with Gasteiger partial charge in [-0.05, 0) is 49.8 Å². The topological polar surface area (TPSA) is 49.4 Å². The fourth-order valence-electron chi connectivity index (χ4n) is 4.50. The van der Waals surface area contributed by atoms with Gasteiger partial charge in [-0.25, -0.2) is 0 Å². The van der Waals surface area contributed by atoms with Gasteiger partial charge in [0.25, 0.3) is 0 Å². The zero-order valence-electron chi connectivity index (χ0n) is 19.2. The first-order valence-corrected chi connectivity index (χ1v) is 11.7. The molecule has 0 spiro atoms. The molecule has 0 saturated heterocycles. The predicted octanol–water partition coefficient (Wildman–Crippen LogP) is 5.10. The maximum atomic E-state index is 13.5. The Kier molecular flexibility index (Phi) is 8.27. The van der Waals surface area contributed by atoms with E-state index >= 15 is 0 Å². The summed E-state index contributed by atoms with van der Waals surface area (Å²) in [5, 5.41) is 3.24. The van der Waals surface area contributed by atoms with Gasteiger partial charge >= 0.3 is 0 Å². The normalized spacial score (nSPS) is 15.3. The van der Waals surface area contributed by atoms with Crippen LogP contribution in [0.15, 0.2) is 48.5 Å². The number of nitrogens with one attached hydrogen (secondary N) is 1. The monoisotopic (exact) mass is 420 g/mol. The summed E-state index contributed by atoms with van der Waals surface area (Å²) < 4.78 is 0. The molecule has 2 amide bonds. The second-order valence-corrected chi connectivity index (χ2v) is 8.88. The van der Waals surface area contributed by atoms with Crippen molar-refractivity contribution >= 4 is 11.8 Å². The van der Waals surface area contributed by atoms with Gasteiger partial charge in [-0.2, -0.15) is 0 Å². The van der Waals surface area contributed by atoms with Crippen LogP contribution in [0.5, 0.6) is 0 Å². The summed E-state index contributed by atoms with van der Waals surface area (Å²) in [6.07, 6.45) is 6.58. The van der Waals surface area contributed by atoms with Crippen molar-refractivity contribution in [1.82, 2.24) is 10.2 Å². The molecule has 1 atom stereocenters. The van der Waals surface area contributed by atoms with Gasteiger partial charge in [-0.1, -0.05) is 80.3 Å². The third-order valence-electron chi connectivity index (χ3n) is 6.38. The van der Waals surface area contributed by atoms with E-state index in [0.717, 1.165) is 35.1 Å². The molecule has 0 heterocycles. The molecule has 1 aliphatic rings. The van der Waals surface area contributed by atoms with E-state index in [0.29, 0.717) is 19.4 Å². The molecular formula is C27H36N2O2. The van der Waals surface area contributed by atoms with Crippen molar-refractivity contribution in [3.05, 3.63) is 70.8 Å². The lowest BCUT2D eigenvalue weighted by Gasteiger charge is -2.33. The lowest BCUT2D eigenvalue weighted by atomic mass is 9.95. The summed E-state index contributed by atoms with van der Waals surface area (Å²) in [6.45, 7) is 6.52. The molecule has 4 heteroatoms. The molecule has 1 aliphatic carbocycles. The maximum absolute atomic E-state index is 13.5. The summed E-state index contributed by atoms with van der Waals surface area (Å²) in [5.74, 6) is -0.0113. The summed E-state index contributed by atoms with van der Waals surface area (Å²) in [4.78, 5) is 28.6. The third kappa shape index (κ3) is 6.43. The number of aryl methyl sites for hydroxylation is 2. The zero-order chi connectivity index (χ0) is 22.2. The Bertz CT molecular complexity index is 872. The van der Waals surface area contributed by atoms with Crippen molar-refractivity contribution in [2.24, 2.45) is 0 Å². The largest absolute Gasteiger partial charge is 0.352 e. The van der Waals surface area contributed by atoms with Crippen LogP contribution in [-0.4, -0.2) is 28.8 Å². The Morgan fingerprint density at radius 1 is 1.03 bits per heavy atom. The molecule has 0 bridgehead atoms. The van der Waals surface area contributed by atoms with Crippen LogP contribution in [-0.2, 0) is 22.6 Å². The van der Waals surface area contributed by atoms with Gasteiger partial charge in [0.1, 0.15) is 6.04 Å². The van der Waals surface area contributed by atoms with Crippen molar-refractivity contribution < 1.29 is 9.59 Å². The first-order valence-electron chi connectivity index (χ1n) is 11.7. The van der Waals surface area contributed by atoms with Crippen LogP contribution in [0.2, 0.25) is 0 Å². The Hall–Kier alpha value is -2.62. The Morgan fingerprint density at radius 3 is 2.42 bits per heavy atom. The van der Waals surface area contributed by atoms with Crippen molar-refractivity contribution in [3.63, 3.8) is 0 Å². The second-order valence-electron chi connectivity index (χ2n) is 8.88. The minimum atomic E-state index is -0.459. The van der Waals surface area contributed by atoms with Gasteiger partial charge in [0, 0.05) is 12.6 Å². The van der Waals surface area contributed by atoms with Gasteiger partial charge < -0.3 is 10.2 Å². The number of nitrogens with zero attached hydrogens (tertiary/aromatic N) is 1. The van der Waals surface area contributed by atoms with Crippen molar-refractivity contribution in [2.75, 3.05) is 0 Å². The number of carbonyl (C=O) groups is 2. The smallest absolute Gasteiger partial charge is 0.243 e. The van der Waals surface area contributed by atoms with Crippen LogP contribution >= 0.6 is 0 Å². The standard InChI is InChI=1S/C27H36N2O2/c1-4-25(27(31)28-24-13-9-6-10-14-24)29(19-22-11-7-5-8-12-22)26(30)18-23-17-20(2)15-16-21(23)3/h5,7-8,11-12,15-17,24-25H,4,6,9-10,13-14,18-19H2,1-3H3,(H,28,31)/t25-/m0/s1. The van der Waals surface area contributed by atoms with E-state index in [9.17, 15) is 9.59 Å². The van der Waals surface area contributed by atoms with Crippen LogP contribution < -0.4 is 5.32 Å². The summed E-state index contributed by atoms with van der Waals surface area (Å²) >= 11 is 0. The molecule has 166 valence electrons. The highest BCUT2D eigenvalue weighted by atomic mass is 16.2. The van der Waals surface area contributed by atoms with Crippen molar-refractivity contribution in [3.8, 4) is 0 Å². The fourth-order valence-corrected chi connectivity index (χ4v) is 4.50. The van der Waals surface area contributed by atoms with E-state index in [1.54, 1.807) is 4.90 Å². The van der Waals surface area contributed by atoms with E-state index < -0.39 is 6.04 Å². The number of amides is 2. The second kappa shape index (κ2) is 11.1. The highest BCUT2D eigenvalue weighted by Crippen LogP contribution is 2.20. The Labute approximate surface area is 187 Å². The highest BCUT2D eigenvalue weighted by molar-refractivity contribution is 5.88. The number of rotatable bonds is 8. The molecule has 0 radical (unpaired) electrons. The lowest BCUT2D eigenvalue weighted by molar-refractivity contribution is -0.141. The van der Waals surface area contributed by atoms with E-state index in [4.69, 9.17) is 0 Å². The first-order chi connectivity index (χ1) is 15.0. The number of carbonyl (C=O) groups excluding carboxylic acids is 2. The third-order valence-corrected chi connectivity index (χ3v) is 6.38. The molecular weight excluding hydrogens is 384 g/mol. The lowest BCUT2D eigenvalue weighted by Crippen LogP contribution is -2.52. The molecule has 0 unspecified atom stereocenters. The molecule has 1 saturated carbocycles. The summed E-state index contributed by atoms with van der Waals surface area (Å²) in [5.41, 5.74) is 4.33. The van der Waals surface area contributed by atoms with Gasteiger partial charge in [0.2, 0.25) is 11.8 Å². The minimum absolute atomic E-state index is 0.00296. The Morgan fingerprint density at radius 2 is 1.74 bits per heavy atom. The van der Waals surface area contributed by atoms with Crippen LogP contribution in [0.3, 0.4) is 0 Å². The predicted molar refractivity (Wildman–Crippen MR) is 126 cm³/mol. The Balaban J connectivity index is 1.81. The number of hydrogen-bond donors (Lipinski definition) is 1. The molecule has 0 aromatic heterocycles. The van der Waals surface area contributed by atoms with Crippen LogP contribution in [0.4, 0.5) is 0 Å². The van der Waals surface area contributed by atoms with Crippen LogP contribution in [0.25, 0.3) is 0 Å². The molecule has 1 N–H and O–H groups in total. The molecule has 2 aromatic rings. The summed E-state index contributed by atoms with van der Waals surface area (Å²) in [6, 6.07) is 16.0. The molecule has 31 heavy (non-hydrogen) atoms. The fraction of sp³-hybridized carbons (Fsp3) is 0.481. The van der Waals surface area contributed by atoms with Crippen LogP contribution in [0, 0.1) is 13.8 Å². The SMILES string of the molecule is CC[C@@H](C(=O)NC1CCCCC1)N(Cc1ccccc1)C(=O)Cc1cc(C)ccc1C. The number of hydrogen-bond acceptors (Lipinski definition) is 2. The highest BCUT2D eigenvalue weighted by Gasteiger charge is 2.30. The molecule has 4 nitrogen and oxygen atoms in total. The average Bonchev–Trinajstić information content (AvgIpc) is 2.77. The number of benzene rings is 2. The molecule has 0 aliphatic heterocycles. The van der Waals surface area contributed by atoms with Crippen LogP contribution in [0.1, 0.15) is 67.7 Å². The average molecular weight is 421 g/mol. The molecule has 3 rings (SSSR count). The van der Waals surface area contributed by atoms with E-state index in [1.807, 2.05) is 51.1 Å². The summed E-state index contributed by atoms with van der Waals surface area (Å²) in [7, 11) is 0. The molecule has 1 fully saturated rings. The molecule has 2 aromatic carbocycles. The van der Waals surface area contributed by atoms with E-state index in [1.165, 1.54) is 19.3 Å². The van der Waals surface area contributed by atoms with Gasteiger partial charge in [-0.15, -0.1) is 0 Å². The maximum Gasteiger partial charge on any atom is 0.243 e.